The van der Waals surface area contributed by atoms with Crippen LogP contribution in [0.5, 0.6) is 0 Å². The standard InChI is InChI=1S/C11H16ClN3O2S/c1-9-5-3-2-4-6-15(9)18(16,17)10-7-13-11(12)14-8-10/h7-9H,2-6H2,1H3. The van der Waals surface area contributed by atoms with Crippen LogP contribution in [0.2, 0.25) is 5.28 Å². The Balaban J connectivity index is 2.31. The maximum atomic E-state index is 12.5. The number of nitrogens with zero attached hydrogens (tertiary/aromatic N) is 3. The highest BCUT2D eigenvalue weighted by Crippen LogP contribution is 2.23. The Kier molecular flexibility index (Phi) is 4.19. The first-order valence-electron chi connectivity index (χ1n) is 6.01. The number of sulfonamides is 1. The van der Waals surface area contributed by atoms with Crippen LogP contribution in [0.25, 0.3) is 0 Å². The molecule has 1 atom stereocenters. The molecule has 1 fully saturated rings. The third-order valence-corrected chi connectivity index (χ3v) is 5.36. The van der Waals surface area contributed by atoms with Gasteiger partial charge >= 0.3 is 0 Å². The predicted molar refractivity (Wildman–Crippen MR) is 68.9 cm³/mol. The molecule has 18 heavy (non-hydrogen) atoms. The molecule has 1 aliphatic heterocycles. The number of rotatable bonds is 2. The fraction of sp³-hybridized carbons (Fsp3) is 0.636. The monoisotopic (exact) mass is 289 g/mol. The zero-order chi connectivity index (χ0) is 13.2. The van der Waals surface area contributed by atoms with E-state index in [0.29, 0.717) is 6.54 Å². The lowest BCUT2D eigenvalue weighted by molar-refractivity contribution is 0.342. The van der Waals surface area contributed by atoms with Gasteiger partial charge in [0.25, 0.3) is 0 Å². The minimum Gasteiger partial charge on any atom is -0.225 e. The van der Waals surface area contributed by atoms with Gasteiger partial charge in [0.15, 0.2) is 0 Å². The van der Waals surface area contributed by atoms with Gasteiger partial charge in [0.2, 0.25) is 15.3 Å². The van der Waals surface area contributed by atoms with Gasteiger partial charge < -0.3 is 0 Å². The van der Waals surface area contributed by atoms with Crippen molar-refractivity contribution in [3.63, 3.8) is 0 Å². The molecular weight excluding hydrogens is 274 g/mol. The average Bonchev–Trinajstić information content (AvgIpc) is 2.55. The second-order valence-corrected chi connectivity index (χ2v) is 6.73. The molecule has 0 spiro atoms. The van der Waals surface area contributed by atoms with Gasteiger partial charge in [-0.25, -0.2) is 18.4 Å². The minimum atomic E-state index is -3.50. The average molecular weight is 290 g/mol. The van der Waals surface area contributed by atoms with Crippen LogP contribution in [0.3, 0.4) is 0 Å². The molecule has 5 nitrogen and oxygen atoms in total. The van der Waals surface area contributed by atoms with E-state index in [-0.39, 0.29) is 16.2 Å². The molecule has 0 N–H and O–H groups in total. The lowest BCUT2D eigenvalue weighted by Crippen LogP contribution is -2.38. The van der Waals surface area contributed by atoms with E-state index >= 15 is 0 Å². The summed E-state index contributed by atoms with van der Waals surface area (Å²) in [5.74, 6) is 0. The lowest BCUT2D eigenvalue weighted by atomic mass is 10.1. The van der Waals surface area contributed by atoms with Crippen molar-refractivity contribution in [2.24, 2.45) is 0 Å². The van der Waals surface area contributed by atoms with E-state index in [1.165, 1.54) is 12.4 Å². The van der Waals surface area contributed by atoms with Gasteiger partial charge in [-0.1, -0.05) is 12.8 Å². The summed E-state index contributed by atoms with van der Waals surface area (Å²) in [4.78, 5) is 7.59. The summed E-state index contributed by atoms with van der Waals surface area (Å²) in [6, 6.07) is 0.0215. The van der Waals surface area contributed by atoms with Gasteiger partial charge in [0.1, 0.15) is 4.90 Å². The van der Waals surface area contributed by atoms with E-state index in [4.69, 9.17) is 11.6 Å². The van der Waals surface area contributed by atoms with Crippen molar-refractivity contribution < 1.29 is 8.42 Å². The molecule has 100 valence electrons. The molecule has 0 aromatic carbocycles. The smallest absolute Gasteiger partial charge is 0.225 e. The molecule has 0 bridgehead atoms. The fourth-order valence-corrected chi connectivity index (χ4v) is 3.86. The van der Waals surface area contributed by atoms with E-state index in [1.54, 1.807) is 4.31 Å². The molecule has 2 rings (SSSR count). The first-order valence-corrected chi connectivity index (χ1v) is 7.83. The largest absolute Gasteiger partial charge is 0.246 e. The summed E-state index contributed by atoms with van der Waals surface area (Å²) in [7, 11) is -3.50. The molecule has 0 aliphatic carbocycles. The van der Waals surface area contributed by atoms with Gasteiger partial charge in [-0.05, 0) is 31.4 Å². The Morgan fingerprint density at radius 3 is 2.61 bits per heavy atom. The molecule has 1 unspecified atom stereocenters. The van der Waals surface area contributed by atoms with Crippen molar-refractivity contribution in [3.8, 4) is 0 Å². The van der Waals surface area contributed by atoms with Crippen LogP contribution >= 0.6 is 11.6 Å². The van der Waals surface area contributed by atoms with Crippen molar-refractivity contribution in [1.82, 2.24) is 14.3 Å². The first-order chi connectivity index (χ1) is 8.51. The summed E-state index contributed by atoms with van der Waals surface area (Å²) >= 11 is 5.57. The van der Waals surface area contributed by atoms with E-state index in [9.17, 15) is 8.42 Å². The lowest BCUT2D eigenvalue weighted by Gasteiger charge is -2.25. The molecule has 1 saturated heterocycles. The molecule has 1 aliphatic rings. The normalized spacial score (nSPS) is 22.7. The molecule has 2 heterocycles. The van der Waals surface area contributed by atoms with Crippen LogP contribution in [0.15, 0.2) is 17.3 Å². The topological polar surface area (TPSA) is 63.2 Å². The predicted octanol–water partition coefficient (Wildman–Crippen LogP) is 2.08. The maximum absolute atomic E-state index is 12.5. The third-order valence-electron chi connectivity index (χ3n) is 3.20. The van der Waals surface area contributed by atoms with Gasteiger partial charge in [-0.15, -0.1) is 0 Å². The van der Waals surface area contributed by atoms with Crippen molar-refractivity contribution in [3.05, 3.63) is 17.7 Å². The summed E-state index contributed by atoms with van der Waals surface area (Å²) in [5, 5.41) is 0.0536. The zero-order valence-electron chi connectivity index (χ0n) is 10.2. The minimum absolute atomic E-state index is 0.0215. The van der Waals surface area contributed by atoms with Crippen molar-refractivity contribution in [2.75, 3.05) is 6.54 Å². The SMILES string of the molecule is CC1CCCCCN1S(=O)(=O)c1cnc(Cl)nc1. The van der Waals surface area contributed by atoms with Crippen molar-refractivity contribution >= 4 is 21.6 Å². The molecule has 1 aromatic rings. The van der Waals surface area contributed by atoms with E-state index < -0.39 is 10.0 Å². The summed E-state index contributed by atoms with van der Waals surface area (Å²) in [5.41, 5.74) is 0. The van der Waals surface area contributed by atoms with Crippen LogP contribution in [-0.4, -0.2) is 35.3 Å². The zero-order valence-corrected chi connectivity index (χ0v) is 11.8. The molecule has 0 radical (unpaired) electrons. The Labute approximate surface area is 112 Å². The molecule has 7 heteroatoms. The second-order valence-electron chi connectivity index (χ2n) is 4.50. The molecule has 1 aromatic heterocycles. The van der Waals surface area contributed by atoms with E-state index in [2.05, 4.69) is 9.97 Å². The summed E-state index contributed by atoms with van der Waals surface area (Å²) in [6.07, 6.45) is 6.48. The van der Waals surface area contributed by atoms with Gasteiger partial charge in [-0.2, -0.15) is 4.31 Å². The summed E-state index contributed by atoms with van der Waals surface area (Å²) < 4.78 is 26.5. The van der Waals surface area contributed by atoms with Crippen LogP contribution < -0.4 is 0 Å². The number of aromatic nitrogens is 2. The maximum Gasteiger partial charge on any atom is 0.246 e. The Hall–Kier alpha value is -0.720. The van der Waals surface area contributed by atoms with Crippen LogP contribution in [-0.2, 0) is 10.0 Å². The molecular formula is C11H16ClN3O2S. The Morgan fingerprint density at radius 1 is 1.28 bits per heavy atom. The number of halogens is 1. The van der Waals surface area contributed by atoms with Crippen LogP contribution in [0, 0.1) is 0 Å². The quantitative estimate of drug-likeness (QED) is 0.782. The molecule has 0 amide bonds. The highest BCUT2D eigenvalue weighted by molar-refractivity contribution is 7.89. The number of hydrogen-bond acceptors (Lipinski definition) is 4. The van der Waals surface area contributed by atoms with Crippen molar-refractivity contribution in [1.29, 1.82) is 0 Å². The van der Waals surface area contributed by atoms with Crippen LogP contribution in [0.4, 0.5) is 0 Å². The summed E-state index contributed by atoms with van der Waals surface area (Å²) in [6.45, 7) is 2.51. The van der Waals surface area contributed by atoms with Crippen molar-refractivity contribution in [2.45, 2.75) is 43.5 Å². The second kappa shape index (κ2) is 5.50. The van der Waals surface area contributed by atoms with Crippen LogP contribution in [0.1, 0.15) is 32.6 Å². The third kappa shape index (κ3) is 2.81. The molecule has 0 saturated carbocycles. The Bertz CT molecular complexity index is 504. The fourth-order valence-electron chi connectivity index (χ4n) is 2.17. The Morgan fingerprint density at radius 2 is 1.94 bits per heavy atom. The van der Waals surface area contributed by atoms with Gasteiger partial charge in [0, 0.05) is 12.6 Å². The first kappa shape index (κ1) is 13.7. The van der Waals surface area contributed by atoms with Gasteiger partial charge in [0.05, 0.1) is 12.4 Å². The highest BCUT2D eigenvalue weighted by Gasteiger charge is 2.30. The van der Waals surface area contributed by atoms with Gasteiger partial charge in [-0.3, -0.25) is 0 Å². The van der Waals surface area contributed by atoms with E-state index in [1.807, 2.05) is 6.92 Å². The van der Waals surface area contributed by atoms with E-state index in [0.717, 1.165) is 25.7 Å². The number of hydrogen-bond donors (Lipinski definition) is 0. The highest BCUT2D eigenvalue weighted by atomic mass is 35.5.